The number of hydrogen-bond donors (Lipinski definition) is 0. The van der Waals surface area contributed by atoms with Gasteiger partial charge in [-0.05, 0) is 12.7 Å². The van der Waals surface area contributed by atoms with E-state index in [0.29, 0.717) is 0 Å². The Kier molecular flexibility index (Phi) is 4.20. The minimum Gasteiger partial charge on any atom is -0.290 e. The normalized spacial score (nSPS) is 13.4. The molecule has 0 aromatic carbocycles. The van der Waals surface area contributed by atoms with Gasteiger partial charge in [0, 0.05) is 0 Å². The fourth-order valence-corrected chi connectivity index (χ4v) is 0.728. The molecule has 0 bridgehead atoms. The lowest BCUT2D eigenvalue weighted by Gasteiger charge is -1.96. The molecule has 0 heterocycles. The first-order chi connectivity index (χ1) is 3.35. The van der Waals surface area contributed by atoms with Gasteiger partial charge in [-0.2, -0.15) is 11.8 Å². The van der Waals surface area contributed by atoms with Crippen LogP contribution in [0.5, 0.6) is 0 Å². The van der Waals surface area contributed by atoms with Crippen LogP contribution in [0.15, 0.2) is 0 Å². The lowest BCUT2D eigenvalue weighted by atomic mass is 10.4. The molecule has 1 atom stereocenters. The maximum Gasteiger partial charge on any atom is 0.212 e. The van der Waals surface area contributed by atoms with Gasteiger partial charge < -0.3 is 0 Å². The second-order valence-corrected chi connectivity index (χ2v) is 2.29. The Morgan fingerprint density at radius 2 is 2.43 bits per heavy atom. The van der Waals surface area contributed by atoms with E-state index < -0.39 is 0 Å². The summed E-state index contributed by atoms with van der Waals surface area (Å²) >= 11 is 1.55. The first kappa shape index (κ1) is 7.02. The highest BCUT2D eigenvalue weighted by Gasteiger charge is 1.98. The van der Waals surface area contributed by atoms with Crippen LogP contribution in [-0.2, 0) is 4.79 Å². The Balaban J connectivity index is 3.16. The van der Waals surface area contributed by atoms with Crippen LogP contribution in [0.2, 0.25) is 0 Å². The van der Waals surface area contributed by atoms with Crippen LogP contribution in [-0.4, -0.2) is 17.8 Å². The second-order valence-electron chi connectivity index (χ2n) is 1.25. The van der Waals surface area contributed by atoms with Crippen molar-refractivity contribution in [3.63, 3.8) is 0 Å². The molecule has 0 aliphatic carbocycles. The molecule has 41 valence electrons. The molecule has 1 unspecified atom stereocenters. The zero-order chi connectivity index (χ0) is 5.70. The van der Waals surface area contributed by atoms with E-state index in [2.05, 4.69) is 0 Å². The molecular weight excluding hydrogens is 108 g/mol. The summed E-state index contributed by atoms with van der Waals surface area (Å²) in [4.78, 5) is 9.82. The van der Waals surface area contributed by atoms with E-state index in [1.165, 1.54) is 0 Å². The van der Waals surface area contributed by atoms with Crippen LogP contribution in [0.4, 0.5) is 0 Å². The molecule has 0 fully saturated rings. The summed E-state index contributed by atoms with van der Waals surface area (Å²) in [6, 6.07) is 0. The summed E-state index contributed by atoms with van der Waals surface area (Å²) in [5.41, 5.74) is 0. The second kappa shape index (κ2) is 4.19. The summed E-state index contributed by atoms with van der Waals surface area (Å²) in [5, 5.41) is 0.0972. The van der Waals surface area contributed by atoms with Crippen LogP contribution in [0, 0.1) is 0 Å². The molecule has 0 N–H and O–H groups in total. The van der Waals surface area contributed by atoms with E-state index in [-0.39, 0.29) is 5.25 Å². The maximum atomic E-state index is 9.82. The van der Waals surface area contributed by atoms with Crippen molar-refractivity contribution < 1.29 is 4.79 Å². The van der Waals surface area contributed by atoms with E-state index >= 15 is 0 Å². The Labute approximate surface area is 48.5 Å². The van der Waals surface area contributed by atoms with Crippen LogP contribution >= 0.6 is 11.8 Å². The third-order valence-corrected chi connectivity index (χ3v) is 1.79. The predicted octanol–water partition coefficient (Wildman–Crippen LogP) is 1.24. The summed E-state index contributed by atoms with van der Waals surface area (Å²) in [5.74, 6) is 0. The van der Waals surface area contributed by atoms with Crippen molar-refractivity contribution in [2.45, 2.75) is 18.6 Å². The predicted molar refractivity (Wildman–Crippen MR) is 33.3 cm³/mol. The molecule has 7 heavy (non-hydrogen) atoms. The molecule has 0 amide bonds. The number of thioether (sulfide) groups is 1. The first-order valence-corrected chi connectivity index (χ1v) is 3.54. The Bertz CT molecular complexity index is 50.0. The van der Waals surface area contributed by atoms with Crippen molar-refractivity contribution in [3.8, 4) is 0 Å². The Hall–Kier alpha value is 0.0200. The van der Waals surface area contributed by atoms with Crippen LogP contribution in [0.1, 0.15) is 13.3 Å². The van der Waals surface area contributed by atoms with E-state index in [1.807, 2.05) is 19.5 Å². The highest BCUT2D eigenvalue weighted by Crippen LogP contribution is 2.05. The van der Waals surface area contributed by atoms with Crippen LogP contribution in [0.25, 0.3) is 0 Å². The highest BCUT2D eigenvalue weighted by molar-refractivity contribution is 7.99. The minimum absolute atomic E-state index is 0.0972. The molecule has 0 saturated heterocycles. The van der Waals surface area contributed by atoms with Gasteiger partial charge in [-0.1, -0.05) is 6.92 Å². The lowest BCUT2D eigenvalue weighted by molar-refractivity contribution is 0.552. The summed E-state index contributed by atoms with van der Waals surface area (Å²) in [6.07, 6.45) is 4.72. The highest BCUT2D eigenvalue weighted by atomic mass is 32.2. The van der Waals surface area contributed by atoms with Gasteiger partial charge >= 0.3 is 0 Å². The molecule has 0 spiro atoms. The molecule has 0 saturated carbocycles. The standard InChI is InChI=1S/C5H9OS/c1-3-5(4-6)7-2/h5H,3H2,1-2H3. The third-order valence-electron chi connectivity index (χ3n) is 0.787. The van der Waals surface area contributed by atoms with Gasteiger partial charge in [0.15, 0.2) is 0 Å². The number of hydrogen-bond acceptors (Lipinski definition) is 2. The quantitative estimate of drug-likeness (QED) is 0.553. The molecule has 0 aliphatic rings. The zero-order valence-electron chi connectivity index (χ0n) is 4.60. The average Bonchev–Trinajstić information content (AvgIpc) is 1.72. The lowest BCUT2D eigenvalue weighted by Crippen LogP contribution is -1.98. The van der Waals surface area contributed by atoms with Crippen molar-refractivity contribution in [2.75, 3.05) is 6.26 Å². The van der Waals surface area contributed by atoms with Gasteiger partial charge in [-0.15, -0.1) is 0 Å². The summed E-state index contributed by atoms with van der Waals surface area (Å²) in [6.45, 7) is 1.98. The third kappa shape index (κ3) is 2.68. The molecule has 0 aliphatic heterocycles. The van der Waals surface area contributed by atoms with Gasteiger partial charge in [-0.25, -0.2) is 0 Å². The van der Waals surface area contributed by atoms with Crippen molar-refractivity contribution in [3.05, 3.63) is 0 Å². The van der Waals surface area contributed by atoms with E-state index in [1.54, 1.807) is 11.8 Å². The van der Waals surface area contributed by atoms with E-state index in [4.69, 9.17) is 0 Å². The molecule has 1 radical (unpaired) electrons. The van der Waals surface area contributed by atoms with Crippen molar-refractivity contribution >= 4 is 18.0 Å². The number of rotatable bonds is 3. The van der Waals surface area contributed by atoms with Crippen molar-refractivity contribution in [1.82, 2.24) is 0 Å². The fraction of sp³-hybridized carbons (Fsp3) is 0.800. The zero-order valence-corrected chi connectivity index (χ0v) is 5.42. The first-order valence-electron chi connectivity index (χ1n) is 2.25. The average molecular weight is 117 g/mol. The molecule has 0 rings (SSSR count). The smallest absolute Gasteiger partial charge is 0.212 e. The SMILES string of the molecule is CCC([C]=O)SC. The van der Waals surface area contributed by atoms with Crippen molar-refractivity contribution in [2.24, 2.45) is 0 Å². The monoisotopic (exact) mass is 117 g/mol. The molecule has 0 aromatic rings. The van der Waals surface area contributed by atoms with Crippen LogP contribution in [0.3, 0.4) is 0 Å². The van der Waals surface area contributed by atoms with Crippen molar-refractivity contribution in [1.29, 1.82) is 0 Å². The fourth-order valence-electron chi connectivity index (χ4n) is 0.298. The van der Waals surface area contributed by atoms with Crippen LogP contribution < -0.4 is 0 Å². The number of carbonyl (C=O) groups excluding carboxylic acids is 1. The Morgan fingerprint density at radius 3 is 2.43 bits per heavy atom. The largest absolute Gasteiger partial charge is 0.290 e. The Morgan fingerprint density at radius 1 is 1.86 bits per heavy atom. The molecule has 2 heteroatoms. The van der Waals surface area contributed by atoms with E-state index in [9.17, 15) is 4.79 Å². The minimum atomic E-state index is 0.0972. The maximum absolute atomic E-state index is 9.82. The van der Waals surface area contributed by atoms with Gasteiger partial charge in [-0.3, -0.25) is 4.79 Å². The molecule has 1 nitrogen and oxygen atoms in total. The topological polar surface area (TPSA) is 17.1 Å². The van der Waals surface area contributed by atoms with Gasteiger partial charge in [0.2, 0.25) is 6.29 Å². The van der Waals surface area contributed by atoms with Gasteiger partial charge in [0.25, 0.3) is 0 Å². The molecular formula is C5H9OS. The van der Waals surface area contributed by atoms with Gasteiger partial charge in [0.05, 0.1) is 5.25 Å². The van der Waals surface area contributed by atoms with Gasteiger partial charge in [0.1, 0.15) is 0 Å². The van der Waals surface area contributed by atoms with E-state index in [0.717, 1.165) is 6.42 Å². The molecule has 0 aromatic heterocycles. The summed E-state index contributed by atoms with van der Waals surface area (Å²) < 4.78 is 0. The summed E-state index contributed by atoms with van der Waals surface area (Å²) in [7, 11) is 0.